The summed E-state index contributed by atoms with van der Waals surface area (Å²) < 4.78 is 0. The molecule has 0 aromatic carbocycles. The Bertz CT molecular complexity index is 594. The van der Waals surface area contributed by atoms with Crippen molar-refractivity contribution >= 4 is 5.97 Å². The van der Waals surface area contributed by atoms with Gasteiger partial charge in [0.25, 0.3) is 0 Å². The number of piperidine rings is 2. The highest BCUT2D eigenvalue weighted by Gasteiger charge is 2.47. The van der Waals surface area contributed by atoms with Gasteiger partial charge in [0.05, 0.1) is 23.6 Å². The van der Waals surface area contributed by atoms with Crippen LogP contribution in [0.1, 0.15) is 113 Å². The first kappa shape index (κ1) is 24.0. The van der Waals surface area contributed by atoms with E-state index in [1.807, 2.05) is 5.06 Å². The Balaban J connectivity index is 1.64. The standard InChI is InChI=1S/C25H46N2O3/c1-22(2)14-10-15-23(3,4)26(22)29-18-19-12-9-13-20(19)21(28)30-27-24(5,6)16-11-17-25(27,7)8/h19-20H,9-18H2,1-8H3. The molecule has 0 amide bonds. The molecule has 2 aliphatic heterocycles. The highest BCUT2D eigenvalue weighted by molar-refractivity contribution is 5.73. The summed E-state index contributed by atoms with van der Waals surface area (Å²) >= 11 is 0. The van der Waals surface area contributed by atoms with Crippen molar-refractivity contribution in [2.75, 3.05) is 6.61 Å². The van der Waals surface area contributed by atoms with Crippen LogP contribution >= 0.6 is 0 Å². The first-order chi connectivity index (χ1) is 13.8. The summed E-state index contributed by atoms with van der Waals surface area (Å²) in [4.78, 5) is 25.9. The summed E-state index contributed by atoms with van der Waals surface area (Å²) in [5.74, 6) is 0.123. The van der Waals surface area contributed by atoms with Crippen LogP contribution in [0.15, 0.2) is 0 Å². The molecule has 5 heteroatoms. The van der Waals surface area contributed by atoms with Gasteiger partial charge in [-0.25, -0.2) is 0 Å². The van der Waals surface area contributed by atoms with Crippen LogP contribution in [0, 0.1) is 11.8 Å². The van der Waals surface area contributed by atoms with E-state index in [0.29, 0.717) is 6.61 Å². The fourth-order valence-corrected chi connectivity index (χ4v) is 6.42. The van der Waals surface area contributed by atoms with Gasteiger partial charge in [-0.15, -0.1) is 5.06 Å². The maximum absolute atomic E-state index is 13.3. The average Bonchev–Trinajstić information content (AvgIpc) is 3.04. The fourth-order valence-electron chi connectivity index (χ4n) is 6.42. The van der Waals surface area contributed by atoms with Crippen LogP contribution in [-0.4, -0.2) is 44.9 Å². The molecule has 3 fully saturated rings. The molecular formula is C25H46N2O3. The Morgan fingerprint density at radius 3 is 1.70 bits per heavy atom. The number of hydroxylamine groups is 4. The minimum Gasteiger partial charge on any atom is -0.367 e. The number of hydrogen-bond donors (Lipinski definition) is 0. The van der Waals surface area contributed by atoms with Gasteiger partial charge in [0.2, 0.25) is 0 Å². The van der Waals surface area contributed by atoms with Gasteiger partial charge in [0.15, 0.2) is 0 Å². The third kappa shape index (κ3) is 4.88. The second kappa shape index (κ2) is 8.37. The first-order valence-corrected chi connectivity index (χ1v) is 12.2. The Morgan fingerprint density at radius 2 is 1.20 bits per heavy atom. The number of carbonyl (C=O) groups excluding carboxylic acids is 1. The van der Waals surface area contributed by atoms with E-state index < -0.39 is 0 Å². The van der Waals surface area contributed by atoms with Crippen molar-refractivity contribution in [2.24, 2.45) is 11.8 Å². The van der Waals surface area contributed by atoms with Crippen LogP contribution in [0.4, 0.5) is 0 Å². The van der Waals surface area contributed by atoms with E-state index in [0.717, 1.165) is 44.9 Å². The highest BCUT2D eigenvalue weighted by Crippen LogP contribution is 2.42. The highest BCUT2D eigenvalue weighted by atomic mass is 16.7. The molecule has 2 unspecified atom stereocenters. The van der Waals surface area contributed by atoms with Gasteiger partial charge in [0, 0.05) is 11.1 Å². The molecule has 174 valence electrons. The molecule has 0 bridgehead atoms. The molecular weight excluding hydrogens is 376 g/mol. The summed E-state index contributed by atoms with van der Waals surface area (Å²) in [6, 6.07) is 0. The van der Waals surface area contributed by atoms with Gasteiger partial charge >= 0.3 is 5.97 Å². The number of nitrogens with zero attached hydrogens (tertiary/aromatic N) is 2. The SMILES string of the molecule is CC1(C)CCCC(C)(C)N1OCC1CCCC1C(=O)ON1C(C)(C)CCCC1(C)C. The quantitative estimate of drug-likeness (QED) is 0.553. The van der Waals surface area contributed by atoms with Gasteiger partial charge in [-0.05, 0) is 113 Å². The van der Waals surface area contributed by atoms with Crippen LogP contribution in [0.3, 0.4) is 0 Å². The Morgan fingerprint density at radius 1 is 0.733 bits per heavy atom. The lowest BCUT2D eigenvalue weighted by molar-refractivity contribution is -0.290. The molecule has 0 N–H and O–H groups in total. The summed E-state index contributed by atoms with van der Waals surface area (Å²) in [5, 5.41) is 4.22. The second-order valence-electron chi connectivity index (χ2n) is 12.5. The molecule has 1 aliphatic carbocycles. The third-order valence-electron chi connectivity index (χ3n) is 7.91. The van der Waals surface area contributed by atoms with E-state index >= 15 is 0 Å². The van der Waals surface area contributed by atoms with Gasteiger partial charge in [-0.1, -0.05) is 6.42 Å². The Labute approximate surface area is 184 Å². The topological polar surface area (TPSA) is 42.0 Å². The fraction of sp³-hybridized carbons (Fsp3) is 0.960. The Kier molecular flexibility index (Phi) is 6.69. The van der Waals surface area contributed by atoms with Crippen molar-refractivity contribution in [3.8, 4) is 0 Å². The molecule has 0 aromatic heterocycles. The van der Waals surface area contributed by atoms with E-state index in [1.54, 1.807) is 0 Å². The Hall–Kier alpha value is -0.650. The minimum atomic E-state index is -0.121. The molecule has 3 rings (SSSR count). The molecule has 3 aliphatic rings. The predicted molar refractivity (Wildman–Crippen MR) is 121 cm³/mol. The van der Waals surface area contributed by atoms with Crippen LogP contribution in [0.5, 0.6) is 0 Å². The summed E-state index contributed by atoms with van der Waals surface area (Å²) in [6.07, 6.45) is 9.84. The summed E-state index contributed by atoms with van der Waals surface area (Å²) in [7, 11) is 0. The molecule has 2 atom stereocenters. The zero-order valence-electron chi connectivity index (χ0n) is 20.8. The van der Waals surface area contributed by atoms with E-state index in [1.165, 1.54) is 12.8 Å². The van der Waals surface area contributed by atoms with Crippen molar-refractivity contribution in [3.63, 3.8) is 0 Å². The summed E-state index contributed by atoms with van der Waals surface area (Å²) in [5.41, 5.74) is -0.190. The number of carbonyl (C=O) groups is 1. The van der Waals surface area contributed by atoms with Crippen molar-refractivity contribution in [1.29, 1.82) is 0 Å². The molecule has 0 aromatic rings. The zero-order chi connectivity index (χ0) is 22.4. The van der Waals surface area contributed by atoms with Crippen LogP contribution in [0.2, 0.25) is 0 Å². The molecule has 30 heavy (non-hydrogen) atoms. The van der Waals surface area contributed by atoms with E-state index in [-0.39, 0.29) is 40.0 Å². The van der Waals surface area contributed by atoms with E-state index in [2.05, 4.69) is 60.5 Å². The maximum atomic E-state index is 13.3. The van der Waals surface area contributed by atoms with E-state index in [9.17, 15) is 4.79 Å². The molecule has 0 radical (unpaired) electrons. The van der Waals surface area contributed by atoms with Gasteiger partial charge in [-0.2, -0.15) is 5.06 Å². The maximum Gasteiger partial charge on any atom is 0.328 e. The minimum absolute atomic E-state index is 0.0260. The molecule has 0 spiro atoms. The lowest BCUT2D eigenvalue weighted by atomic mass is 9.82. The van der Waals surface area contributed by atoms with Crippen LogP contribution in [0.25, 0.3) is 0 Å². The first-order valence-electron chi connectivity index (χ1n) is 12.2. The number of hydrogen-bond acceptors (Lipinski definition) is 5. The molecule has 5 nitrogen and oxygen atoms in total. The van der Waals surface area contributed by atoms with Crippen molar-refractivity contribution in [2.45, 2.75) is 135 Å². The van der Waals surface area contributed by atoms with Gasteiger partial charge in [0.1, 0.15) is 0 Å². The van der Waals surface area contributed by atoms with Crippen molar-refractivity contribution in [1.82, 2.24) is 10.1 Å². The van der Waals surface area contributed by atoms with Crippen molar-refractivity contribution < 1.29 is 14.5 Å². The smallest absolute Gasteiger partial charge is 0.328 e. The average molecular weight is 423 g/mol. The largest absolute Gasteiger partial charge is 0.367 e. The predicted octanol–water partition coefficient (Wildman–Crippen LogP) is 5.88. The zero-order valence-corrected chi connectivity index (χ0v) is 20.8. The molecule has 2 saturated heterocycles. The second-order valence-corrected chi connectivity index (χ2v) is 12.5. The normalized spacial score (nSPS) is 33.3. The van der Waals surface area contributed by atoms with E-state index in [4.69, 9.17) is 9.68 Å². The van der Waals surface area contributed by atoms with Gasteiger partial charge in [-0.3, -0.25) is 9.63 Å². The monoisotopic (exact) mass is 422 g/mol. The lowest BCUT2D eigenvalue weighted by Crippen LogP contribution is -2.59. The number of rotatable bonds is 5. The third-order valence-corrected chi connectivity index (χ3v) is 7.91. The summed E-state index contributed by atoms with van der Waals surface area (Å²) in [6.45, 7) is 18.5. The van der Waals surface area contributed by atoms with Crippen LogP contribution < -0.4 is 0 Å². The van der Waals surface area contributed by atoms with Crippen molar-refractivity contribution in [3.05, 3.63) is 0 Å². The molecule has 2 heterocycles. The lowest BCUT2D eigenvalue weighted by Gasteiger charge is -2.51. The van der Waals surface area contributed by atoms with Crippen LogP contribution in [-0.2, 0) is 14.5 Å². The van der Waals surface area contributed by atoms with Gasteiger partial charge < -0.3 is 4.84 Å². The molecule has 1 saturated carbocycles.